The van der Waals surface area contributed by atoms with E-state index in [9.17, 15) is 4.79 Å². The zero-order valence-corrected chi connectivity index (χ0v) is 22.9. The highest BCUT2D eigenvalue weighted by Crippen LogP contribution is 2.36. The highest BCUT2D eigenvalue weighted by molar-refractivity contribution is 6.99. The zero-order valence-electron chi connectivity index (χ0n) is 21.9. The summed E-state index contributed by atoms with van der Waals surface area (Å²) in [6.45, 7) is 11.8. The van der Waals surface area contributed by atoms with Crippen LogP contribution in [0.3, 0.4) is 0 Å². The van der Waals surface area contributed by atoms with Gasteiger partial charge in [0.15, 0.2) is 0 Å². The average molecular weight is 484 g/mol. The molecule has 0 heterocycles. The molecule has 0 aliphatic rings. The van der Waals surface area contributed by atoms with Gasteiger partial charge in [0, 0.05) is 20.1 Å². The van der Waals surface area contributed by atoms with Gasteiger partial charge in [-0.05, 0) is 42.1 Å². The third kappa shape index (κ3) is 6.59. The second-order valence-electron chi connectivity index (χ2n) is 9.44. The van der Waals surface area contributed by atoms with E-state index in [4.69, 9.17) is 14.0 Å². The first kappa shape index (κ1) is 27.8. The first-order valence-electron chi connectivity index (χ1n) is 12.1. The van der Waals surface area contributed by atoms with Crippen molar-refractivity contribution in [2.45, 2.75) is 58.9 Å². The number of hydrogen-bond donors (Lipinski definition) is 0. The maximum Gasteiger partial charge on any atom is 0.276 e. The number of hydrogen-bond acceptors (Lipinski definition) is 4. The summed E-state index contributed by atoms with van der Waals surface area (Å²) in [6.07, 6.45) is 2.44. The zero-order chi connectivity index (χ0) is 25.2. The van der Waals surface area contributed by atoms with Gasteiger partial charge in [0.05, 0.1) is 19.3 Å². The summed E-state index contributed by atoms with van der Waals surface area (Å²) in [5.74, 6) is 0.538. The van der Waals surface area contributed by atoms with Crippen LogP contribution in [0.1, 0.15) is 53.9 Å². The number of hydroxylamine groups is 2. The molecule has 5 nitrogen and oxygen atoms in total. The predicted molar refractivity (Wildman–Crippen MR) is 142 cm³/mol. The molecule has 0 aliphatic carbocycles. The van der Waals surface area contributed by atoms with Crippen LogP contribution in [0.15, 0.2) is 72.0 Å². The number of likely N-dealkylation sites (N-methyl/N-ethyl adjacent to an activating group) is 1. The van der Waals surface area contributed by atoms with Gasteiger partial charge in [-0.2, -0.15) is 0 Å². The molecule has 0 radical (unpaired) electrons. The van der Waals surface area contributed by atoms with Crippen molar-refractivity contribution in [1.29, 1.82) is 0 Å². The molecule has 2 aromatic carbocycles. The largest absolute Gasteiger partial charge is 0.498 e. The normalized spacial score (nSPS) is 12.8. The van der Waals surface area contributed by atoms with Gasteiger partial charge in [0.1, 0.15) is 5.76 Å². The quantitative estimate of drug-likeness (QED) is 0.139. The lowest BCUT2D eigenvalue weighted by Crippen LogP contribution is -2.66. The van der Waals surface area contributed by atoms with Crippen LogP contribution >= 0.6 is 0 Å². The molecule has 0 fully saturated rings. The Labute approximate surface area is 206 Å². The number of benzene rings is 2. The Morgan fingerprint density at radius 2 is 1.47 bits per heavy atom. The average Bonchev–Trinajstić information content (AvgIpc) is 2.84. The van der Waals surface area contributed by atoms with Crippen LogP contribution in [0.2, 0.25) is 5.04 Å². The Hall–Kier alpha value is -2.41. The molecule has 186 valence electrons. The van der Waals surface area contributed by atoms with Crippen LogP contribution in [-0.4, -0.2) is 46.7 Å². The van der Waals surface area contributed by atoms with Crippen molar-refractivity contribution in [3.8, 4) is 0 Å². The van der Waals surface area contributed by atoms with E-state index in [1.165, 1.54) is 22.5 Å². The molecular formula is C28H41NO4Si. The standard InChI is InChI=1S/C28H41NO4Si/c1-8-32-26(23(2)27(30)29(6)31-7)21-15-16-22-33-34(28(3,4)5,24-17-11-9-12-18-24)25-19-13-10-14-20-25/h9-14,17-20H,8,15-16,21-22H2,1-7H3/b26-23-. The minimum Gasteiger partial charge on any atom is -0.498 e. The van der Waals surface area contributed by atoms with Gasteiger partial charge in [-0.1, -0.05) is 81.4 Å². The molecule has 0 N–H and O–H groups in total. The van der Waals surface area contributed by atoms with E-state index in [1.54, 1.807) is 14.0 Å². The number of ether oxygens (including phenoxy) is 1. The van der Waals surface area contributed by atoms with Crippen LogP contribution in [0, 0.1) is 0 Å². The fourth-order valence-corrected chi connectivity index (χ4v) is 8.96. The SMILES string of the molecule is CCO/C(CCCCO[Si](c1ccccc1)(c1ccccc1)C(C)(C)C)=C(/C)C(=O)N(C)OC. The van der Waals surface area contributed by atoms with Gasteiger partial charge in [0.2, 0.25) is 0 Å². The molecule has 34 heavy (non-hydrogen) atoms. The Kier molecular flexibility index (Phi) is 10.5. The number of allylic oxidation sites excluding steroid dienone is 1. The number of unbranched alkanes of at least 4 members (excludes halogenated alkanes) is 1. The Morgan fingerprint density at radius 3 is 1.91 bits per heavy atom. The van der Waals surface area contributed by atoms with Crippen molar-refractivity contribution in [2.24, 2.45) is 0 Å². The summed E-state index contributed by atoms with van der Waals surface area (Å²) < 4.78 is 12.8. The van der Waals surface area contributed by atoms with Gasteiger partial charge in [0.25, 0.3) is 14.2 Å². The molecule has 1 amide bonds. The molecule has 0 bridgehead atoms. The summed E-state index contributed by atoms with van der Waals surface area (Å²) >= 11 is 0. The van der Waals surface area contributed by atoms with Crippen molar-refractivity contribution < 1.29 is 18.8 Å². The molecule has 0 saturated heterocycles. The van der Waals surface area contributed by atoms with Crippen molar-refractivity contribution in [3.63, 3.8) is 0 Å². The third-order valence-corrected chi connectivity index (χ3v) is 11.2. The molecule has 0 aliphatic heterocycles. The Balaban J connectivity index is 2.20. The monoisotopic (exact) mass is 483 g/mol. The third-order valence-electron chi connectivity index (χ3n) is 6.15. The van der Waals surface area contributed by atoms with E-state index < -0.39 is 8.32 Å². The summed E-state index contributed by atoms with van der Waals surface area (Å²) in [6, 6.07) is 21.4. The second kappa shape index (κ2) is 12.9. The number of nitrogens with zero attached hydrogens (tertiary/aromatic N) is 1. The molecule has 0 unspecified atom stereocenters. The van der Waals surface area contributed by atoms with E-state index in [1.807, 2.05) is 6.92 Å². The van der Waals surface area contributed by atoms with Gasteiger partial charge in [-0.3, -0.25) is 9.63 Å². The Morgan fingerprint density at radius 1 is 0.941 bits per heavy atom. The first-order chi connectivity index (χ1) is 16.2. The van der Waals surface area contributed by atoms with Crippen molar-refractivity contribution in [1.82, 2.24) is 5.06 Å². The molecule has 2 rings (SSSR count). The van der Waals surface area contributed by atoms with E-state index in [0.717, 1.165) is 18.6 Å². The molecule has 0 atom stereocenters. The number of amides is 1. The summed E-state index contributed by atoms with van der Waals surface area (Å²) in [4.78, 5) is 17.5. The van der Waals surface area contributed by atoms with Crippen LogP contribution in [0.25, 0.3) is 0 Å². The lowest BCUT2D eigenvalue weighted by atomic mass is 10.1. The van der Waals surface area contributed by atoms with Crippen LogP contribution in [0.4, 0.5) is 0 Å². The van der Waals surface area contributed by atoms with E-state index in [-0.39, 0.29) is 10.9 Å². The number of rotatable bonds is 12. The Bertz CT molecular complexity index is 883. The maximum absolute atomic E-state index is 12.5. The second-order valence-corrected chi connectivity index (χ2v) is 13.7. The molecule has 6 heteroatoms. The fraction of sp³-hybridized carbons (Fsp3) is 0.464. The number of carbonyl (C=O) groups excluding carboxylic acids is 1. The molecule has 0 saturated carbocycles. The summed E-state index contributed by atoms with van der Waals surface area (Å²) in [7, 11) is 0.562. The van der Waals surface area contributed by atoms with E-state index in [2.05, 4.69) is 81.4 Å². The van der Waals surface area contributed by atoms with Gasteiger partial charge >= 0.3 is 0 Å². The minimum absolute atomic E-state index is 0.0418. The highest BCUT2D eigenvalue weighted by atomic mass is 28.4. The van der Waals surface area contributed by atoms with Crippen molar-refractivity contribution >= 4 is 24.6 Å². The smallest absolute Gasteiger partial charge is 0.276 e. The van der Waals surface area contributed by atoms with Crippen LogP contribution in [0.5, 0.6) is 0 Å². The van der Waals surface area contributed by atoms with Gasteiger partial charge in [-0.25, -0.2) is 5.06 Å². The molecule has 2 aromatic rings. The summed E-state index contributed by atoms with van der Waals surface area (Å²) in [5.41, 5.74) is 0.583. The fourth-order valence-electron chi connectivity index (χ4n) is 4.35. The summed E-state index contributed by atoms with van der Waals surface area (Å²) in [5, 5.41) is 3.75. The van der Waals surface area contributed by atoms with Crippen molar-refractivity contribution in [2.75, 3.05) is 27.4 Å². The van der Waals surface area contributed by atoms with E-state index in [0.29, 0.717) is 25.2 Å². The first-order valence-corrected chi connectivity index (χ1v) is 14.0. The van der Waals surface area contributed by atoms with E-state index >= 15 is 0 Å². The maximum atomic E-state index is 12.5. The van der Waals surface area contributed by atoms with Crippen LogP contribution < -0.4 is 10.4 Å². The lowest BCUT2D eigenvalue weighted by molar-refractivity contribution is -0.164. The van der Waals surface area contributed by atoms with Gasteiger partial charge in [-0.15, -0.1) is 0 Å². The molecular weight excluding hydrogens is 442 g/mol. The lowest BCUT2D eigenvalue weighted by Gasteiger charge is -2.43. The van der Waals surface area contributed by atoms with Gasteiger partial charge < -0.3 is 9.16 Å². The van der Waals surface area contributed by atoms with Crippen LogP contribution in [-0.2, 0) is 18.8 Å². The predicted octanol–water partition coefficient (Wildman–Crippen LogP) is 5.06. The topological polar surface area (TPSA) is 48.0 Å². The molecule has 0 aromatic heterocycles. The molecule has 0 spiro atoms. The minimum atomic E-state index is -2.52. The highest BCUT2D eigenvalue weighted by Gasteiger charge is 2.49. The van der Waals surface area contributed by atoms with Crippen molar-refractivity contribution in [3.05, 3.63) is 72.0 Å². The number of carbonyl (C=O) groups is 1.